The van der Waals surface area contributed by atoms with Crippen molar-refractivity contribution in [3.8, 4) is 73.2 Å². The average Bonchev–Trinajstić information content (AvgIpc) is 4.10. The van der Waals surface area contributed by atoms with E-state index >= 15 is 0 Å². The van der Waals surface area contributed by atoms with Crippen LogP contribution in [0.25, 0.3) is 139 Å². The van der Waals surface area contributed by atoms with E-state index in [0.29, 0.717) is 17.5 Å². The number of nitrogens with zero attached hydrogens (tertiary/aromatic N) is 4. The Morgan fingerprint density at radius 1 is 0.275 bits per heavy atom. The maximum absolute atomic E-state index is 6.70. The smallest absolute Gasteiger partial charge is 0.167 e. The number of furan rings is 2. The van der Waals surface area contributed by atoms with Crippen LogP contribution in [0, 0.1) is 0 Å². The molecule has 0 aliphatic carbocycles. The molecule has 0 amide bonds. The third-order valence-corrected chi connectivity index (χ3v) is 13.5. The van der Waals surface area contributed by atoms with E-state index in [0.717, 1.165) is 88.5 Å². The largest absolute Gasteiger partial charge is 0.456 e. The highest BCUT2D eigenvalue weighted by atomic mass is 16.3. The Kier molecular flexibility index (Phi) is 8.79. The van der Waals surface area contributed by atoms with E-state index in [9.17, 15) is 0 Å². The van der Waals surface area contributed by atoms with Gasteiger partial charge in [0.25, 0.3) is 0 Å². The van der Waals surface area contributed by atoms with Crippen molar-refractivity contribution in [1.82, 2.24) is 19.5 Å². The van der Waals surface area contributed by atoms with Crippen LogP contribution < -0.4 is 0 Å². The molecule has 0 saturated carbocycles. The molecule has 0 radical (unpaired) electrons. The summed E-state index contributed by atoms with van der Waals surface area (Å²) in [5, 5.41) is 6.59. The van der Waals surface area contributed by atoms with Crippen LogP contribution in [-0.4, -0.2) is 19.5 Å². The highest BCUT2D eigenvalue weighted by Gasteiger charge is 2.20. The Morgan fingerprint density at radius 2 is 0.783 bits per heavy atom. The van der Waals surface area contributed by atoms with Crippen molar-refractivity contribution in [2.45, 2.75) is 0 Å². The lowest BCUT2D eigenvalue weighted by Gasteiger charge is -2.09. The summed E-state index contributed by atoms with van der Waals surface area (Å²) in [6.07, 6.45) is 0. The van der Waals surface area contributed by atoms with Crippen LogP contribution in [0.5, 0.6) is 0 Å². The molecule has 0 fully saturated rings. The lowest BCUT2D eigenvalue weighted by molar-refractivity contribution is 0.669. The van der Waals surface area contributed by atoms with Gasteiger partial charge in [-0.25, -0.2) is 15.0 Å². The first-order chi connectivity index (χ1) is 34.2. The summed E-state index contributed by atoms with van der Waals surface area (Å²) in [7, 11) is 0. The van der Waals surface area contributed by atoms with Crippen molar-refractivity contribution in [1.29, 1.82) is 0 Å². The Labute approximate surface area is 396 Å². The third-order valence-electron chi connectivity index (χ3n) is 13.5. The maximum atomic E-state index is 6.70. The SMILES string of the molecule is c1ccc(-c2ccc(-c3nc(-c4ccccc4)nc(-c4cccc5c4oc4ccc(-c6ccc7c(c6)oc6ccc(-n8c9ccccc9c9cc(-c%10ccccc%10)ccc98)cc67)cc45)n3)cc2)cc1. The minimum Gasteiger partial charge on any atom is -0.456 e. The Bertz CT molecular complexity index is 4290. The molecule has 4 heterocycles. The molecule has 14 aromatic rings. The molecule has 69 heavy (non-hydrogen) atoms. The van der Waals surface area contributed by atoms with Gasteiger partial charge in [-0.3, -0.25) is 0 Å². The van der Waals surface area contributed by atoms with Gasteiger partial charge in [-0.15, -0.1) is 0 Å². The molecule has 0 atom stereocenters. The number of hydrogen-bond donors (Lipinski definition) is 0. The number of rotatable bonds is 7. The summed E-state index contributed by atoms with van der Waals surface area (Å²) in [5.74, 6) is 1.74. The third kappa shape index (κ3) is 6.53. The van der Waals surface area contributed by atoms with Crippen LogP contribution in [0.3, 0.4) is 0 Å². The van der Waals surface area contributed by atoms with E-state index in [2.05, 4.69) is 193 Å². The molecule has 0 spiro atoms. The van der Waals surface area contributed by atoms with Crippen molar-refractivity contribution in [2.24, 2.45) is 0 Å². The van der Waals surface area contributed by atoms with Gasteiger partial charge in [0.15, 0.2) is 17.5 Å². The van der Waals surface area contributed by atoms with E-state index in [-0.39, 0.29) is 0 Å². The van der Waals surface area contributed by atoms with Gasteiger partial charge in [0, 0.05) is 49.1 Å². The van der Waals surface area contributed by atoms with Crippen LogP contribution in [0.1, 0.15) is 0 Å². The molecule has 4 aromatic heterocycles. The zero-order valence-electron chi connectivity index (χ0n) is 37.0. The Hall–Kier alpha value is -9.39. The molecular formula is C63H38N4O2. The van der Waals surface area contributed by atoms with Crippen molar-refractivity contribution < 1.29 is 8.83 Å². The average molecular weight is 883 g/mol. The minimum atomic E-state index is 0.546. The molecule has 322 valence electrons. The molecule has 10 aromatic carbocycles. The summed E-state index contributed by atoms with van der Waals surface area (Å²) < 4.78 is 15.7. The molecule has 0 aliphatic heterocycles. The van der Waals surface area contributed by atoms with E-state index < -0.39 is 0 Å². The second-order valence-electron chi connectivity index (χ2n) is 17.6. The molecule has 0 bridgehead atoms. The lowest BCUT2D eigenvalue weighted by Crippen LogP contribution is -2.00. The number of benzene rings is 10. The predicted molar refractivity (Wildman–Crippen MR) is 281 cm³/mol. The van der Waals surface area contributed by atoms with Crippen LogP contribution in [-0.2, 0) is 0 Å². The first-order valence-electron chi connectivity index (χ1n) is 23.2. The van der Waals surface area contributed by atoms with Crippen LogP contribution in [0.15, 0.2) is 239 Å². The number of aromatic nitrogens is 4. The highest BCUT2D eigenvalue weighted by Crippen LogP contribution is 2.41. The van der Waals surface area contributed by atoms with E-state index in [1.807, 2.05) is 42.5 Å². The van der Waals surface area contributed by atoms with Gasteiger partial charge in [0.05, 0.1) is 16.6 Å². The molecule has 0 unspecified atom stereocenters. The van der Waals surface area contributed by atoms with Gasteiger partial charge in [-0.1, -0.05) is 164 Å². The standard InChI is InChI=1S/C63H38N4O2/c1-4-13-39(14-5-1)41-23-25-43(26-24-41)62-64-61(42-17-8-3-9-18-42)65-63(66-62)51-21-12-20-50-53-36-45(29-33-58(53)69-60(50)51)46-27-31-49-54-38-47(30-34-57(54)68-59(49)37-46)67-55-22-11-10-19-48(55)52-35-44(28-32-56(52)67)40-15-6-2-7-16-40/h1-38H. The van der Waals surface area contributed by atoms with Crippen LogP contribution in [0.4, 0.5) is 0 Å². The maximum Gasteiger partial charge on any atom is 0.167 e. The molecule has 14 rings (SSSR count). The van der Waals surface area contributed by atoms with Gasteiger partial charge in [0.1, 0.15) is 22.3 Å². The number of para-hydroxylation sites is 2. The van der Waals surface area contributed by atoms with Gasteiger partial charge in [-0.05, 0) is 100 Å². The molecule has 0 saturated heterocycles. The Morgan fingerprint density at radius 3 is 1.57 bits per heavy atom. The van der Waals surface area contributed by atoms with Crippen LogP contribution >= 0.6 is 0 Å². The summed E-state index contributed by atoms with van der Waals surface area (Å²) in [5.41, 5.74) is 16.0. The van der Waals surface area contributed by atoms with Crippen LogP contribution in [0.2, 0.25) is 0 Å². The zero-order chi connectivity index (χ0) is 45.4. The predicted octanol–water partition coefficient (Wildman–Crippen LogP) is 16.8. The first-order valence-corrected chi connectivity index (χ1v) is 23.2. The number of hydrogen-bond acceptors (Lipinski definition) is 5. The number of fused-ring (bicyclic) bond motifs is 9. The molecule has 0 aliphatic rings. The fraction of sp³-hybridized carbons (Fsp3) is 0. The summed E-state index contributed by atoms with van der Waals surface area (Å²) in [6.45, 7) is 0. The fourth-order valence-corrected chi connectivity index (χ4v) is 10.1. The second-order valence-corrected chi connectivity index (χ2v) is 17.6. The van der Waals surface area contributed by atoms with Gasteiger partial charge in [0.2, 0.25) is 0 Å². The topological polar surface area (TPSA) is 69.9 Å². The Balaban J connectivity index is 0.834. The first kappa shape index (κ1) is 38.8. The van der Waals surface area contributed by atoms with Crippen molar-refractivity contribution in [3.05, 3.63) is 231 Å². The normalized spacial score (nSPS) is 11.8. The molecule has 6 heteroatoms. The molecular weight excluding hydrogens is 845 g/mol. The lowest BCUT2D eigenvalue weighted by atomic mass is 10.0. The highest BCUT2D eigenvalue weighted by molar-refractivity contribution is 6.13. The van der Waals surface area contributed by atoms with Gasteiger partial charge < -0.3 is 13.4 Å². The van der Waals surface area contributed by atoms with Gasteiger partial charge in [-0.2, -0.15) is 0 Å². The fourth-order valence-electron chi connectivity index (χ4n) is 10.1. The van der Waals surface area contributed by atoms with E-state index in [1.165, 1.54) is 32.9 Å². The molecule has 0 N–H and O–H groups in total. The van der Waals surface area contributed by atoms with E-state index in [4.69, 9.17) is 23.8 Å². The van der Waals surface area contributed by atoms with Crippen molar-refractivity contribution in [3.63, 3.8) is 0 Å². The van der Waals surface area contributed by atoms with Gasteiger partial charge >= 0.3 is 0 Å². The summed E-state index contributed by atoms with van der Waals surface area (Å²) >= 11 is 0. The van der Waals surface area contributed by atoms with Crippen molar-refractivity contribution >= 4 is 65.7 Å². The second kappa shape index (κ2) is 15.6. The monoisotopic (exact) mass is 882 g/mol. The van der Waals surface area contributed by atoms with E-state index in [1.54, 1.807) is 0 Å². The summed E-state index contributed by atoms with van der Waals surface area (Å²) in [6, 6.07) is 80.5. The molecule has 6 nitrogen and oxygen atoms in total. The van der Waals surface area contributed by atoms with Crippen molar-refractivity contribution in [2.75, 3.05) is 0 Å². The zero-order valence-corrected chi connectivity index (χ0v) is 37.0. The quantitative estimate of drug-likeness (QED) is 0.159. The minimum absolute atomic E-state index is 0.546. The summed E-state index contributed by atoms with van der Waals surface area (Å²) in [4.78, 5) is 15.2.